The van der Waals surface area contributed by atoms with Gasteiger partial charge in [0.1, 0.15) is 0 Å². The predicted molar refractivity (Wildman–Crippen MR) is 70.3 cm³/mol. The molecule has 2 nitrogen and oxygen atoms in total. The number of rotatable bonds is 1. The fourth-order valence-electron chi connectivity index (χ4n) is 1.96. The first-order valence-electron chi connectivity index (χ1n) is 5.08. The molecule has 2 rings (SSSR count). The second-order valence-electron chi connectivity index (χ2n) is 3.72. The Bertz CT molecular complexity index is 565. The summed E-state index contributed by atoms with van der Waals surface area (Å²) in [6.07, 6.45) is 0.847. The maximum atomic E-state index is 6.14. The molecule has 0 aliphatic heterocycles. The molecule has 0 amide bonds. The van der Waals surface area contributed by atoms with Crippen LogP contribution in [-0.4, -0.2) is 4.98 Å². The summed E-state index contributed by atoms with van der Waals surface area (Å²) in [5, 5.41) is 1.93. The molecule has 0 fully saturated rings. The van der Waals surface area contributed by atoms with Gasteiger partial charge < -0.3 is 5.73 Å². The number of anilines is 1. The zero-order valence-electron chi connectivity index (χ0n) is 9.14. The number of aryl methyl sites for hydroxylation is 1. The Kier molecular flexibility index (Phi) is 2.96. The number of benzene rings is 1. The zero-order chi connectivity index (χ0) is 11.9. The quantitative estimate of drug-likeness (QED) is 0.836. The van der Waals surface area contributed by atoms with Gasteiger partial charge in [0.2, 0.25) is 0 Å². The highest BCUT2D eigenvalue weighted by molar-refractivity contribution is 6.39. The van der Waals surface area contributed by atoms with Gasteiger partial charge in [-0.2, -0.15) is 0 Å². The van der Waals surface area contributed by atoms with Gasteiger partial charge in [-0.15, -0.1) is 0 Å². The van der Waals surface area contributed by atoms with Crippen molar-refractivity contribution in [2.45, 2.75) is 20.3 Å². The Morgan fingerprint density at radius 3 is 2.62 bits per heavy atom. The van der Waals surface area contributed by atoms with E-state index in [9.17, 15) is 0 Å². The Labute approximate surface area is 104 Å². The third-order valence-electron chi connectivity index (χ3n) is 2.71. The minimum absolute atomic E-state index is 0.558. The minimum atomic E-state index is 0.558. The van der Waals surface area contributed by atoms with E-state index in [0.29, 0.717) is 15.7 Å². The van der Waals surface area contributed by atoms with Crippen LogP contribution in [0.2, 0.25) is 10.0 Å². The number of nitrogens with two attached hydrogens (primary N) is 1. The summed E-state index contributed by atoms with van der Waals surface area (Å²) in [7, 11) is 0. The number of fused-ring (bicyclic) bond motifs is 1. The fraction of sp³-hybridized carbons (Fsp3) is 0.250. The number of hydrogen-bond acceptors (Lipinski definition) is 2. The lowest BCUT2D eigenvalue weighted by atomic mass is 10.0. The van der Waals surface area contributed by atoms with Crippen LogP contribution in [0.5, 0.6) is 0 Å². The van der Waals surface area contributed by atoms with Gasteiger partial charge in [0.05, 0.1) is 10.5 Å². The first kappa shape index (κ1) is 11.5. The summed E-state index contributed by atoms with van der Waals surface area (Å²) in [4.78, 5) is 4.48. The van der Waals surface area contributed by atoms with Gasteiger partial charge >= 0.3 is 0 Å². The standard InChI is InChI=1S/C12H12Cl2N2/c1-3-8-6(2)16-10-5-7(13)4-9(14)11(10)12(8)15/h4-5H,3H2,1-2H3,(H2,15,16). The summed E-state index contributed by atoms with van der Waals surface area (Å²) in [6, 6.07) is 3.48. The van der Waals surface area contributed by atoms with Crippen molar-refractivity contribution in [1.82, 2.24) is 4.98 Å². The van der Waals surface area contributed by atoms with Crippen molar-refractivity contribution in [1.29, 1.82) is 0 Å². The van der Waals surface area contributed by atoms with E-state index in [-0.39, 0.29) is 0 Å². The van der Waals surface area contributed by atoms with E-state index >= 15 is 0 Å². The van der Waals surface area contributed by atoms with E-state index in [1.165, 1.54) is 0 Å². The highest BCUT2D eigenvalue weighted by atomic mass is 35.5. The van der Waals surface area contributed by atoms with Gasteiger partial charge in [0.15, 0.2) is 0 Å². The molecule has 0 saturated carbocycles. The van der Waals surface area contributed by atoms with Crippen molar-refractivity contribution >= 4 is 39.8 Å². The molecular weight excluding hydrogens is 243 g/mol. The molecule has 1 heterocycles. The number of nitrogens with zero attached hydrogens (tertiary/aromatic N) is 1. The predicted octanol–water partition coefficient (Wildman–Crippen LogP) is 3.99. The van der Waals surface area contributed by atoms with Gasteiger partial charge in [-0.3, -0.25) is 4.98 Å². The van der Waals surface area contributed by atoms with Crippen LogP contribution in [0, 0.1) is 6.92 Å². The summed E-state index contributed by atoms with van der Waals surface area (Å²) in [6.45, 7) is 4.00. The van der Waals surface area contributed by atoms with Crippen molar-refractivity contribution in [2.75, 3.05) is 5.73 Å². The van der Waals surface area contributed by atoms with E-state index in [4.69, 9.17) is 28.9 Å². The molecule has 0 aliphatic carbocycles. The second kappa shape index (κ2) is 4.11. The van der Waals surface area contributed by atoms with Gasteiger partial charge in [-0.1, -0.05) is 30.1 Å². The lowest BCUT2D eigenvalue weighted by Crippen LogP contribution is -2.01. The van der Waals surface area contributed by atoms with E-state index in [1.807, 2.05) is 6.92 Å². The average Bonchev–Trinajstić information content (AvgIpc) is 2.15. The molecule has 16 heavy (non-hydrogen) atoms. The maximum Gasteiger partial charge on any atom is 0.0755 e. The number of aromatic nitrogens is 1. The highest BCUT2D eigenvalue weighted by Crippen LogP contribution is 2.34. The van der Waals surface area contributed by atoms with E-state index in [1.54, 1.807) is 12.1 Å². The second-order valence-corrected chi connectivity index (χ2v) is 4.57. The van der Waals surface area contributed by atoms with Crippen LogP contribution in [-0.2, 0) is 6.42 Å². The highest BCUT2D eigenvalue weighted by Gasteiger charge is 2.12. The molecule has 0 radical (unpaired) electrons. The smallest absolute Gasteiger partial charge is 0.0755 e. The van der Waals surface area contributed by atoms with Crippen LogP contribution in [0.4, 0.5) is 5.69 Å². The number of nitrogen functional groups attached to an aromatic ring is 1. The molecule has 0 unspecified atom stereocenters. The Morgan fingerprint density at radius 1 is 1.31 bits per heavy atom. The van der Waals surface area contributed by atoms with Crippen molar-refractivity contribution in [3.63, 3.8) is 0 Å². The molecule has 0 bridgehead atoms. The van der Waals surface area contributed by atoms with Crippen LogP contribution < -0.4 is 5.73 Å². The molecule has 1 aromatic carbocycles. The topological polar surface area (TPSA) is 38.9 Å². The van der Waals surface area contributed by atoms with Crippen LogP contribution >= 0.6 is 23.2 Å². The molecule has 2 N–H and O–H groups in total. The van der Waals surface area contributed by atoms with Crippen molar-refractivity contribution in [2.24, 2.45) is 0 Å². The fourth-order valence-corrected chi connectivity index (χ4v) is 2.54. The summed E-state index contributed by atoms with van der Waals surface area (Å²) >= 11 is 12.1. The van der Waals surface area contributed by atoms with Crippen LogP contribution in [0.15, 0.2) is 12.1 Å². The molecule has 0 spiro atoms. The van der Waals surface area contributed by atoms with Gasteiger partial charge in [0, 0.05) is 21.8 Å². The summed E-state index contributed by atoms with van der Waals surface area (Å²) in [5.74, 6) is 0. The SMILES string of the molecule is CCc1c(C)nc2cc(Cl)cc(Cl)c2c1N. The molecule has 2 aromatic rings. The number of pyridine rings is 1. The van der Waals surface area contributed by atoms with Gasteiger partial charge in [-0.25, -0.2) is 0 Å². The summed E-state index contributed by atoms with van der Waals surface area (Å²) < 4.78 is 0. The van der Waals surface area contributed by atoms with Crippen LogP contribution in [0.25, 0.3) is 10.9 Å². The molecular formula is C12H12Cl2N2. The normalized spacial score (nSPS) is 11.0. The average molecular weight is 255 g/mol. The molecule has 1 aromatic heterocycles. The molecule has 0 saturated heterocycles. The first-order valence-corrected chi connectivity index (χ1v) is 5.84. The number of halogens is 2. The first-order chi connectivity index (χ1) is 7.54. The van der Waals surface area contributed by atoms with Crippen LogP contribution in [0.3, 0.4) is 0 Å². The molecule has 0 aliphatic rings. The summed E-state index contributed by atoms with van der Waals surface area (Å²) in [5.41, 5.74) is 9.57. The number of hydrogen-bond donors (Lipinski definition) is 1. The van der Waals surface area contributed by atoms with Gasteiger partial charge in [-0.05, 0) is 31.0 Å². The minimum Gasteiger partial charge on any atom is -0.398 e. The molecule has 0 atom stereocenters. The van der Waals surface area contributed by atoms with Crippen molar-refractivity contribution < 1.29 is 0 Å². The Balaban J connectivity index is 2.93. The van der Waals surface area contributed by atoms with E-state index < -0.39 is 0 Å². The zero-order valence-corrected chi connectivity index (χ0v) is 10.7. The Morgan fingerprint density at radius 2 is 2.00 bits per heavy atom. The molecule has 4 heteroatoms. The van der Waals surface area contributed by atoms with Crippen molar-refractivity contribution in [3.8, 4) is 0 Å². The third kappa shape index (κ3) is 1.72. The van der Waals surface area contributed by atoms with E-state index in [0.717, 1.165) is 28.6 Å². The van der Waals surface area contributed by atoms with Crippen molar-refractivity contribution in [3.05, 3.63) is 33.4 Å². The third-order valence-corrected chi connectivity index (χ3v) is 3.22. The maximum absolute atomic E-state index is 6.14. The van der Waals surface area contributed by atoms with Crippen LogP contribution in [0.1, 0.15) is 18.2 Å². The molecule has 84 valence electrons. The Hall–Kier alpha value is -0.990. The lowest BCUT2D eigenvalue weighted by Gasteiger charge is -2.11. The van der Waals surface area contributed by atoms with Gasteiger partial charge in [0.25, 0.3) is 0 Å². The lowest BCUT2D eigenvalue weighted by molar-refractivity contribution is 1.07. The van der Waals surface area contributed by atoms with E-state index in [2.05, 4.69) is 11.9 Å². The largest absolute Gasteiger partial charge is 0.398 e. The monoisotopic (exact) mass is 254 g/mol.